The van der Waals surface area contributed by atoms with Crippen molar-refractivity contribution in [1.29, 1.82) is 0 Å². The highest BCUT2D eigenvalue weighted by atomic mass is 32.2. The second kappa shape index (κ2) is 9.78. The van der Waals surface area contributed by atoms with Gasteiger partial charge in [-0.3, -0.25) is 14.4 Å². The number of benzene rings is 2. The predicted molar refractivity (Wildman–Crippen MR) is 106 cm³/mol. The Morgan fingerprint density at radius 2 is 1.67 bits per heavy atom. The van der Waals surface area contributed by atoms with Crippen molar-refractivity contribution in [3.05, 3.63) is 60.2 Å². The minimum Gasteiger partial charge on any atom is -0.455 e. The van der Waals surface area contributed by atoms with Crippen LogP contribution in [0, 0.1) is 0 Å². The molecule has 0 fully saturated rings. The maximum absolute atomic E-state index is 12.0. The minimum absolute atomic E-state index is 0.119. The number of amides is 2. The number of carbonyl (C=O) groups excluding carboxylic acids is 3. The zero-order valence-corrected chi connectivity index (χ0v) is 16.3. The van der Waals surface area contributed by atoms with Crippen LogP contribution in [0.3, 0.4) is 0 Å². The van der Waals surface area contributed by atoms with Gasteiger partial charge >= 0.3 is 5.97 Å². The topological polar surface area (TPSA) is 75.7 Å². The van der Waals surface area contributed by atoms with Crippen LogP contribution in [0.2, 0.25) is 0 Å². The third-order valence-electron chi connectivity index (χ3n) is 3.56. The summed E-state index contributed by atoms with van der Waals surface area (Å²) in [4.78, 5) is 38.2. The van der Waals surface area contributed by atoms with Gasteiger partial charge in [-0.1, -0.05) is 18.2 Å². The quantitative estimate of drug-likeness (QED) is 0.585. The molecule has 142 valence electrons. The van der Waals surface area contributed by atoms with Gasteiger partial charge in [0.25, 0.3) is 11.8 Å². The van der Waals surface area contributed by atoms with E-state index >= 15 is 0 Å². The summed E-state index contributed by atoms with van der Waals surface area (Å²) < 4.78 is 5.07. The van der Waals surface area contributed by atoms with Gasteiger partial charge in [0, 0.05) is 30.2 Å². The Morgan fingerprint density at radius 1 is 1.04 bits per heavy atom. The largest absolute Gasteiger partial charge is 0.455 e. The van der Waals surface area contributed by atoms with Crippen LogP contribution >= 0.6 is 11.8 Å². The van der Waals surface area contributed by atoms with Crippen molar-refractivity contribution < 1.29 is 19.1 Å². The molecule has 27 heavy (non-hydrogen) atoms. The first-order valence-corrected chi connectivity index (χ1v) is 9.24. The van der Waals surface area contributed by atoms with Crippen LogP contribution < -0.4 is 5.32 Å². The molecule has 0 heterocycles. The lowest BCUT2D eigenvalue weighted by Gasteiger charge is -2.12. The average Bonchev–Trinajstić information content (AvgIpc) is 2.66. The lowest BCUT2D eigenvalue weighted by atomic mass is 10.2. The molecule has 2 amide bonds. The van der Waals surface area contributed by atoms with E-state index in [0.29, 0.717) is 11.3 Å². The van der Waals surface area contributed by atoms with Crippen molar-refractivity contribution in [1.82, 2.24) is 4.90 Å². The first-order chi connectivity index (χ1) is 12.9. The number of ether oxygens (including phenoxy) is 1. The number of esters is 1. The molecule has 2 aromatic carbocycles. The van der Waals surface area contributed by atoms with Gasteiger partial charge in [0.1, 0.15) is 5.25 Å². The molecule has 1 atom stereocenters. The minimum atomic E-state index is -0.453. The molecule has 2 aromatic rings. The van der Waals surface area contributed by atoms with Crippen LogP contribution in [-0.4, -0.2) is 48.6 Å². The molecule has 0 aliphatic heterocycles. The number of rotatable bonds is 7. The molecule has 0 bridgehead atoms. The van der Waals surface area contributed by atoms with E-state index in [2.05, 4.69) is 5.32 Å². The van der Waals surface area contributed by atoms with Crippen molar-refractivity contribution in [3.63, 3.8) is 0 Å². The molecule has 0 aromatic heterocycles. The zero-order valence-electron chi connectivity index (χ0n) is 15.5. The van der Waals surface area contributed by atoms with Crippen molar-refractivity contribution >= 4 is 35.2 Å². The van der Waals surface area contributed by atoms with E-state index in [4.69, 9.17) is 4.74 Å². The predicted octanol–water partition coefficient (Wildman–Crippen LogP) is 3.05. The van der Waals surface area contributed by atoms with Crippen molar-refractivity contribution in [2.24, 2.45) is 0 Å². The van der Waals surface area contributed by atoms with Gasteiger partial charge in [0.15, 0.2) is 6.61 Å². The van der Waals surface area contributed by atoms with Gasteiger partial charge in [-0.25, -0.2) is 0 Å². The number of hydrogen-bond acceptors (Lipinski definition) is 5. The van der Waals surface area contributed by atoms with E-state index < -0.39 is 17.1 Å². The van der Waals surface area contributed by atoms with Crippen molar-refractivity contribution in [2.75, 3.05) is 26.0 Å². The van der Waals surface area contributed by atoms with Gasteiger partial charge in [-0.05, 0) is 43.3 Å². The fourth-order valence-electron chi connectivity index (χ4n) is 2.16. The molecule has 2 rings (SSSR count). The molecule has 1 N–H and O–H groups in total. The van der Waals surface area contributed by atoms with Crippen molar-refractivity contribution in [2.45, 2.75) is 17.1 Å². The molecule has 0 unspecified atom stereocenters. The zero-order chi connectivity index (χ0) is 19.8. The normalized spacial score (nSPS) is 11.4. The fourth-order valence-corrected chi connectivity index (χ4v) is 3.04. The molecule has 0 radical (unpaired) electrons. The molecule has 6 nitrogen and oxygen atoms in total. The van der Waals surface area contributed by atoms with E-state index in [0.717, 1.165) is 4.90 Å². The Bertz CT molecular complexity index is 791. The van der Waals surface area contributed by atoms with E-state index in [1.165, 1.54) is 16.7 Å². The smallest absolute Gasteiger partial charge is 0.319 e. The molecule has 0 aliphatic carbocycles. The number of nitrogens with zero attached hydrogens (tertiary/aromatic N) is 1. The molecular weight excluding hydrogens is 364 g/mol. The van der Waals surface area contributed by atoms with Gasteiger partial charge in [-0.2, -0.15) is 0 Å². The molecule has 0 saturated heterocycles. The summed E-state index contributed by atoms with van der Waals surface area (Å²) in [5.41, 5.74) is 1.05. The van der Waals surface area contributed by atoms with Crippen LogP contribution in [0.15, 0.2) is 59.5 Å². The van der Waals surface area contributed by atoms with E-state index in [-0.39, 0.29) is 12.5 Å². The van der Waals surface area contributed by atoms with E-state index in [1.807, 2.05) is 30.3 Å². The monoisotopic (exact) mass is 386 g/mol. The lowest BCUT2D eigenvalue weighted by molar-refractivity contribution is -0.146. The van der Waals surface area contributed by atoms with Crippen LogP contribution in [0.5, 0.6) is 0 Å². The molecule has 0 saturated carbocycles. The van der Waals surface area contributed by atoms with Crippen LogP contribution in [0.4, 0.5) is 5.69 Å². The number of anilines is 1. The summed E-state index contributed by atoms with van der Waals surface area (Å²) in [6.45, 7) is 1.37. The van der Waals surface area contributed by atoms with Gasteiger partial charge in [0.2, 0.25) is 0 Å². The summed E-state index contributed by atoms with van der Waals surface area (Å²) >= 11 is 1.37. The standard InChI is InChI=1S/C20H22N2O4S/c1-14(27-17-7-5-4-6-8-17)20(25)26-13-18(23)21-16-11-9-15(10-12-16)19(24)22(2)3/h4-12,14H,13H2,1-3H3,(H,21,23)/t14-/m0/s1. The SMILES string of the molecule is C[C@H](Sc1ccccc1)C(=O)OCC(=O)Nc1ccc(C(=O)N(C)C)cc1. The average molecular weight is 386 g/mol. The number of carbonyl (C=O) groups is 3. The summed E-state index contributed by atoms with van der Waals surface area (Å²) in [5, 5.41) is 2.21. The summed E-state index contributed by atoms with van der Waals surface area (Å²) in [6, 6.07) is 16.0. The fraction of sp³-hybridized carbons (Fsp3) is 0.250. The number of thioether (sulfide) groups is 1. The van der Waals surface area contributed by atoms with E-state index in [1.54, 1.807) is 45.3 Å². The molecule has 0 aliphatic rings. The van der Waals surface area contributed by atoms with Gasteiger partial charge < -0.3 is 15.0 Å². The maximum atomic E-state index is 12.0. The Morgan fingerprint density at radius 3 is 2.26 bits per heavy atom. The summed E-state index contributed by atoms with van der Waals surface area (Å²) in [5.74, 6) is -1.01. The third-order valence-corrected chi connectivity index (χ3v) is 4.65. The molecule has 0 spiro atoms. The maximum Gasteiger partial charge on any atom is 0.319 e. The van der Waals surface area contributed by atoms with Gasteiger partial charge in [-0.15, -0.1) is 11.8 Å². The highest BCUT2D eigenvalue weighted by Crippen LogP contribution is 2.23. The van der Waals surface area contributed by atoms with Crippen LogP contribution in [0.1, 0.15) is 17.3 Å². The van der Waals surface area contributed by atoms with Crippen LogP contribution in [-0.2, 0) is 14.3 Å². The summed E-state index contributed by atoms with van der Waals surface area (Å²) in [6.07, 6.45) is 0. The van der Waals surface area contributed by atoms with E-state index in [9.17, 15) is 14.4 Å². The molecular formula is C20H22N2O4S. The first-order valence-electron chi connectivity index (χ1n) is 8.36. The molecule has 7 heteroatoms. The Balaban J connectivity index is 1.80. The third kappa shape index (κ3) is 6.45. The number of hydrogen-bond donors (Lipinski definition) is 1. The Labute approximate surface area is 162 Å². The number of nitrogens with one attached hydrogen (secondary N) is 1. The highest BCUT2D eigenvalue weighted by molar-refractivity contribution is 8.00. The summed E-state index contributed by atoms with van der Waals surface area (Å²) in [7, 11) is 3.34. The lowest BCUT2D eigenvalue weighted by Crippen LogP contribution is -2.25. The second-order valence-electron chi connectivity index (χ2n) is 6.01. The first kappa shape index (κ1) is 20.5. The van der Waals surface area contributed by atoms with Crippen LogP contribution in [0.25, 0.3) is 0 Å². The van der Waals surface area contributed by atoms with Gasteiger partial charge in [0.05, 0.1) is 0 Å². The second-order valence-corrected chi connectivity index (χ2v) is 7.42. The Kier molecular flexibility index (Phi) is 7.43. The highest BCUT2D eigenvalue weighted by Gasteiger charge is 2.17. The van der Waals surface area contributed by atoms with Crippen molar-refractivity contribution in [3.8, 4) is 0 Å². The Hall–Kier alpha value is -2.80.